The van der Waals surface area contributed by atoms with Crippen LogP contribution >= 0.6 is 0 Å². The van der Waals surface area contributed by atoms with E-state index in [2.05, 4.69) is 0 Å². The lowest BCUT2D eigenvalue weighted by atomic mass is 10.2. The molecule has 1 heterocycles. The average Bonchev–Trinajstić information content (AvgIpc) is 2.76. The molecule has 0 saturated carbocycles. The molecule has 1 aliphatic heterocycles. The van der Waals surface area contributed by atoms with Crippen LogP contribution in [0.2, 0.25) is 0 Å². The number of aliphatic hydroxyl groups is 2. The molecule has 0 unspecified atom stereocenters. The number of benzene rings is 1. The van der Waals surface area contributed by atoms with Crippen LogP contribution < -0.4 is 4.90 Å². The molecule has 5 nitrogen and oxygen atoms in total. The Hall–Kier alpha value is -1.85. The average molecular weight is 276 g/mol. The molecule has 0 spiro atoms. The molecule has 1 aliphatic rings. The molecule has 1 aromatic rings. The number of nitrogens with zero attached hydrogens (tertiary/aromatic N) is 2. The van der Waals surface area contributed by atoms with E-state index in [0.717, 1.165) is 11.3 Å². The number of hydrogen-bond donors (Lipinski definition) is 2. The van der Waals surface area contributed by atoms with Crippen molar-refractivity contribution >= 4 is 17.7 Å². The van der Waals surface area contributed by atoms with Gasteiger partial charge >= 0.3 is 0 Å². The molecule has 2 N–H and O–H groups in total. The zero-order valence-corrected chi connectivity index (χ0v) is 11.7. The van der Waals surface area contributed by atoms with Gasteiger partial charge in [-0.25, -0.2) is 0 Å². The van der Waals surface area contributed by atoms with Crippen LogP contribution in [0.3, 0.4) is 0 Å². The molecular formula is C15H20N2O3. The Morgan fingerprint density at radius 1 is 1.20 bits per heavy atom. The van der Waals surface area contributed by atoms with E-state index < -0.39 is 12.2 Å². The Morgan fingerprint density at radius 3 is 2.25 bits per heavy atom. The summed E-state index contributed by atoms with van der Waals surface area (Å²) in [7, 11) is 3.94. The van der Waals surface area contributed by atoms with Crippen molar-refractivity contribution in [3.63, 3.8) is 0 Å². The summed E-state index contributed by atoms with van der Waals surface area (Å²) < 4.78 is 0. The molecule has 0 bridgehead atoms. The lowest BCUT2D eigenvalue weighted by Gasteiger charge is -2.13. The monoisotopic (exact) mass is 276 g/mol. The van der Waals surface area contributed by atoms with Gasteiger partial charge in [0.1, 0.15) is 0 Å². The first-order valence-electron chi connectivity index (χ1n) is 6.58. The van der Waals surface area contributed by atoms with E-state index in [1.54, 1.807) is 6.08 Å². The van der Waals surface area contributed by atoms with Crippen LogP contribution in [0.25, 0.3) is 6.08 Å². The quantitative estimate of drug-likeness (QED) is 0.781. The smallest absolute Gasteiger partial charge is 0.246 e. The van der Waals surface area contributed by atoms with Crippen molar-refractivity contribution in [1.29, 1.82) is 0 Å². The third-order valence-electron chi connectivity index (χ3n) is 3.40. The van der Waals surface area contributed by atoms with Gasteiger partial charge in [-0.1, -0.05) is 12.1 Å². The Balaban J connectivity index is 1.97. The summed E-state index contributed by atoms with van der Waals surface area (Å²) in [5.41, 5.74) is 2.03. The minimum atomic E-state index is -0.841. The summed E-state index contributed by atoms with van der Waals surface area (Å²) in [6.45, 7) is 0.369. The zero-order valence-electron chi connectivity index (χ0n) is 11.7. The summed E-state index contributed by atoms with van der Waals surface area (Å²) in [5, 5.41) is 18.8. The van der Waals surface area contributed by atoms with Crippen LogP contribution in [-0.2, 0) is 4.79 Å². The largest absolute Gasteiger partial charge is 0.388 e. The summed E-state index contributed by atoms with van der Waals surface area (Å²) in [6.07, 6.45) is 1.52. The van der Waals surface area contributed by atoms with Gasteiger partial charge in [-0.15, -0.1) is 0 Å². The first kappa shape index (κ1) is 14.6. The van der Waals surface area contributed by atoms with Crippen molar-refractivity contribution in [1.82, 2.24) is 4.90 Å². The number of carbonyl (C=O) groups excluding carboxylic acids is 1. The van der Waals surface area contributed by atoms with Crippen LogP contribution in [0, 0.1) is 0 Å². The van der Waals surface area contributed by atoms with Crippen molar-refractivity contribution in [2.75, 3.05) is 32.1 Å². The Morgan fingerprint density at radius 2 is 1.75 bits per heavy atom. The lowest BCUT2D eigenvalue weighted by Crippen LogP contribution is -2.27. The summed E-state index contributed by atoms with van der Waals surface area (Å²) in [4.78, 5) is 15.3. The van der Waals surface area contributed by atoms with E-state index in [4.69, 9.17) is 0 Å². The molecule has 108 valence electrons. The third kappa shape index (κ3) is 3.37. The topological polar surface area (TPSA) is 64.0 Å². The fraction of sp³-hybridized carbons (Fsp3) is 0.400. The highest BCUT2D eigenvalue weighted by Gasteiger charge is 2.31. The normalized spacial score (nSPS) is 22.5. The van der Waals surface area contributed by atoms with Crippen molar-refractivity contribution in [2.24, 2.45) is 0 Å². The van der Waals surface area contributed by atoms with Gasteiger partial charge in [0, 0.05) is 38.9 Å². The minimum absolute atomic E-state index is 0.184. The van der Waals surface area contributed by atoms with Gasteiger partial charge in [0.05, 0.1) is 12.2 Å². The molecule has 1 amide bonds. The molecule has 0 radical (unpaired) electrons. The lowest BCUT2D eigenvalue weighted by molar-refractivity contribution is -0.125. The maximum absolute atomic E-state index is 11.9. The molecule has 2 rings (SSSR count). The van der Waals surface area contributed by atoms with Gasteiger partial charge in [-0.2, -0.15) is 0 Å². The molecule has 1 fully saturated rings. The fourth-order valence-electron chi connectivity index (χ4n) is 2.11. The predicted octanol–water partition coefficient (Wildman–Crippen LogP) is 0.330. The molecule has 2 atom stereocenters. The van der Waals surface area contributed by atoms with E-state index >= 15 is 0 Å². The molecule has 0 aromatic heterocycles. The van der Waals surface area contributed by atoms with E-state index in [1.807, 2.05) is 43.3 Å². The highest BCUT2D eigenvalue weighted by molar-refractivity contribution is 5.92. The van der Waals surface area contributed by atoms with Crippen molar-refractivity contribution in [3.05, 3.63) is 35.9 Å². The second kappa shape index (κ2) is 6.07. The number of β-amino-alcohol motifs (C(OH)–C–C–N with tert-alkyl or cyclic N) is 2. The van der Waals surface area contributed by atoms with Gasteiger partial charge in [-0.05, 0) is 23.8 Å². The number of carbonyl (C=O) groups is 1. The number of aliphatic hydroxyl groups excluding tert-OH is 2. The van der Waals surface area contributed by atoms with E-state index in [1.165, 1.54) is 11.0 Å². The third-order valence-corrected chi connectivity index (χ3v) is 3.40. The summed E-state index contributed by atoms with van der Waals surface area (Å²) in [5.74, 6) is -0.197. The van der Waals surface area contributed by atoms with Gasteiger partial charge in [0.2, 0.25) is 5.91 Å². The highest BCUT2D eigenvalue weighted by atomic mass is 16.3. The fourth-order valence-corrected chi connectivity index (χ4v) is 2.11. The Labute approximate surface area is 118 Å². The number of anilines is 1. The van der Waals surface area contributed by atoms with Crippen LogP contribution in [0.5, 0.6) is 0 Å². The SMILES string of the molecule is CN(C)c1ccc(C=CC(=O)N2C[C@@H](O)[C@@H](O)C2)cc1. The molecule has 0 aliphatic carbocycles. The molecular weight excluding hydrogens is 256 g/mol. The van der Waals surface area contributed by atoms with Gasteiger partial charge in [0.25, 0.3) is 0 Å². The van der Waals surface area contributed by atoms with Gasteiger partial charge in [-0.3, -0.25) is 4.79 Å². The molecule has 1 saturated heterocycles. The molecule has 5 heteroatoms. The first-order chi connectivity index (χ1) is 9.47. The first-order valence-corrected chi connectivity index (χ1v) is 6.58. The number of hydrogen-bond acceptors (Lipinski definition) is 4. The van der Waals surface area contributed by atoms with Gasteiger partial charge in [0.15, 0.2) is 0 Å². The van der Waals surface area contributed by atoms with Crippen LogP contribution in [0.1, 0.15) is 5.56 Å². The zero-order chi connectivity index (χ0) is 14.7. The molecule has 1 aromatic carbocycles. The van der Waals surface area contributed by atoms with E-state index in [0.29, 0.717) is 0 Å². The Kier molecular flexibility index (Phi) is 4.42. The van der Waals surface area contributed by atoms with Crippen molar-refractivity contribution < 1.29 is 15.0 Å². The van der Waals surface area contributed by atoms with Crippen molar-refractivity contribution in [2.45, 2.75) is 12.2 Å². The van der Waals surface area contributed by atoms with Crippen LogP contribution in [0.4, 0.5) is 5.69 Å². The second-order valence-corrected chi connectivity index (χ2v) is 5.20. The predicted molar refractivity (Wildman–Crippen MR) is 78.4 cm³/mol. The number of rotatable bonds is 3. The van der Waals surface area contributed by atoms with E-state index in [-0.39, 0.29) is 19.0 Å². The second-order valence-electron chi connectivity index (χ2n) is 5.20. The van der Waals surface area contributed by atoms with Crippen LogP contribution in [0.15, 0.2) is 30.3 Å². The standard InChI is InChI=1S/C15H20N2O3/c1-16(2)12-6-3-11(4-7-12)5-8-15(20)17-9-13(18)14(19)10-17/h3-8,13-14,18-19H,9-10H2,1-2H3/t13-,14+. The number of amides is 1. The maximum Gasteiger partial charge on any atom is 0.246 e. The van der Waals surface area contributed by atoms with Gasteiger partial charge < -0.3 is 20.0 Å². The number of likely N-dealkylation sites (tertiary alicyclic amines) is 1. The van der Waals surface area contributed by atoms with E-state index in [9.17, 15) is 15.0 Å². The molecule has 20 heavy (non-hydrogen) atoms. The summed E-state index contributed by atoms with van der Waals surface area (Å²) in [6, 6.07) is 7.83. The van der Waals surface area contributed by atoms with Crippen LogP contribution in [-0.4, -0.2) is 60.4 Å². The highest BCUT2D eigenvalue weighted by Crippen LogP contribution is 2.14. The Bertz CT molecular complexity index is 486. The maximum atomic E-state index is 11.9. The van der Waals surface area contributed by atoms with Crippen molar-refractivity contribution in [3.8, 4) is 0 Å². The summed E-state index contributed by atoms with van der Waals surface area (Å²) >= 11 is 0. The minimum Gasteiger partial charge on any atom is -0.388 e.